The van der Waals surface area contributed by atoms with Gasteiger partial charge < -0.3 is 14.2 Å². The van der Waals surface area contributed by atoms with Crippen molar-refractivity contribution in [3.8, 4) is 0 Å². The molecule has 0 N–H and O–H groups in total. The molecule has 0 aromatic carbocycles. The minimum Gasteiger partial charge on any atom is -0.462 e. The quantitative estimate of drug-likeness (QED) is 0.0262. The van der Waals surface area contributed by atoms with E-state index in [1.54, 1.807) is 0 Å². The van der Waals surface area contributed by atoms with E-state index in [9.17, 15) is 14.4 Å². The summed E-state index contributed by atoms with van der Waals surface area (Å²) in [5, 5.41) is 0. The number of unbranched alkanes of at least 4 members (excludes halogenated alkanes) is 31. The third kappa shape index (κ3) is 51.7. The van der Waals surface area contributed by atoms with E-state index >= 15 is 0 Å². The number of esters is 3. The summed E-state index contributed by atoms with van der Waals surface area (Å²) in [5.74, 6) is -0.921. The largest absolute Gasteiger partial charge is 0.462 e. The predicted octanol–water partition coefficient (Wildman–Crippen LogP) is 18.2. The van der Waals surface area contributed by atoms with Crippen molar-refractivity contribution in [3.05, 3.63) is 72.9 Å². The molecule has 1 unspecified atom stereocenters. The second kappa shape index (κ2) is 53.5. The summed E-state index contributed by atoms with van der Waals surface area (Å²) in [7, 11) is 0. The van der Waals surface area contributed by atoms with Gasteiger partial charge in [0.05, 0.1) is 0 Å². The Morgan fingerprint density at radius 2 is 0.600 bits per heavy atom. The molecule has 1 atom stereocenters. The van der Waals surface area contributed by atoms with Crippen LogP contribution >= 0.6 is 0 Å². The normalized spacial score (nSPS) is 12.6. The average Bonchev–Trinajstić information content (AvgIpc) is 3.30. The van der Waals surface area contributed by atoms with Gasteiger partial charge in [-0.3, -0.25) is 14.4 Å². The highest BCUT2D eigenvalue weighted by Gasteiger charge is 2.19. The van der Waals surface area contributed by atoms with Gasteiger partial charge in [0.1, 0.15) is 13.2 Å². The number of hydrogen-bond donors (Lipinski definition) is 0. The highest BCUT2D eigenvalue weighted by atomic mass is 16.6. The summed E-state index contributed by atoms with van der Waals surface area (Å²) in [6, 6.07) is 0. The van der Waals surface area contributed by atoms with Gasteiger partial charge in [-0.2, -0.15) is 0 Å². The van der Waals surface area contributed by atoms with Crippen molar-refractivity contribution in [1.29, 1.82) is 0 Å². The van der Waals surface area contributed by atoms with Gasteiger partial charge in [0.15, 0.2) is 6.10 Å². The van der Waals surface area contributed by atoms with Crippen LogP contribution in [0.1, 0.15) is 265 Å². The Kier molecular flexibility index (Phi) is 50.9. The molecule has 374 valence electrons. The van der Waals surface area contributed by atoms with Crippen LogP contribution in [0.4, 0.5) is 0 Å². The van der Waals surface area contributed by atoms with Gasteiger partial charge in [-0.05, 0) is 38.5 Å². The third-order valence-corrected chi connectivity index (χ3v) is 11.9. The lowest BCUT2D eigenvalue weighted by molar-refractivity contribution is -0.167. The van der Waals surface area contributed by atoms with Crippen molar-refractivity contribution in [1.82, 2.24) is 0 Å². The molecule has 0 rings (SSSR count). The van der Waals surface area contributed by atoms with Gasteiger partial charge in [0.2, 0.25) is 0 Å². The highest BCUT2D eigenvalue weighted by Crippen LogP contribution is 2.16. The molecule has 0 bridgehead atoms. The van der Waals surface area contributed by atoms with Crippen molar-refractivity contribution < 1.29 is 28.6 Å². The molecule has 0 aliphatic heterocycles. The summed E-state index contributed by atoms with van der Waals surface area (Å²) >= 11 is 0. The molecule has 0 aliphatic rings. The van der Waals surface area contributed by atoms with E-state index in [0.717, 1.165) is 70.6 Å². The van der Waals surface area contributed by atoms with Crippen LogP contribution in [0.25, 0.3) is 0 Å². The molecule has 6 heteroatoms. The molecule has 0 radical (unpaired) electrons. The number of carbonyl (C=O) groups is 3. The lowest BCUT2D eigenvalue weighted by atomic mass is 10.0. The van der Waals surface area contributed by atoms with Crippen LogP contribution in [0.3, 0.4) is 0 Å². The van der Waals surface area contributed by atoms with Crippen LogP contribution < -0.4 is 0 Å². The predicted molar refractivity (Wildman–Crippen MR) is 279 cm³/mol. The molecule has 0 aliphatic carbocycles. The van der Waals surface area contributed by atoms with Gasteiger partial charge in [-0.1, -0.05) is 280 Å². The van der Waals surface area contributed by atoms with E-state index in [4.69, 9.17) is 14.2 Å². The standard InChI is InChI=1S/C59H102O6/c1-4-7-10-13-16-19-22-25-28-29-32-34-37-40-43-46-49-52-58(61)64-55-56(65-59(62)53-50-47-44-41-38-35-31-27-24-21-18-15-12-9-6-3)54-63-57(60)51-48-45-42-39-36-33-30-26-23-20-17-14-11-8-5-2/h7,10,13,16,19,22,25,28-29,32,34,37,56H,4-6,8-9,11-12,14-15,17-18,20-21,23-24,26-27,30-31,33,35-36,38-55H2,1-3H3/b10-7-,16-13-,22-19-,28-25-,32-29+,37-34-. The van der Waals surface area contributed by atoms with Gasteiger partial charge in [-0.15, -0.1) is 0 Å². The van der Waals surface area contributed by atoms with Crippen molar-refractivity contribution in [2.24, 2.45) is 0 Å². The topological polar surface area (TPSA) is 78.9 Å². The zero-order chi connectivity index (χ0) is 47.2. The first-order valence-corrected chi connectivity index (χ1v) is 27.5. The minimum atomic E-state index is -0.790. The van der Waals surface area contributed by atoms with Crippen molar-refractivity contribution in [3.63, 3.8) is 0 Å². The number of ether oxygens (including phenoxy) is 3. The monoisotopic (exact) mass is 907 g/mol. The summed E-state index contributed by atoms with van der Waals surface area (Å²) in [4.78, 5) is 38.1. The molecular formula is C59H102O6. The maximum Gasteiger partial charge on any atom is 0.306 e. The Labute approximate surface area is 402 Å². The Hall–Kier alpha value is -3.15. The van der Waals surface area contributed by atoms with Crippen molar-refractivity contribution in [2.45, 2.75) is 271 Å². The fourth-order valence-corrected chi connectivity index (χ4v) is 7.77. The Morgan fingerprint density at radius 3 is 0.938 bits per heavy atom. The Morgan fingerprint density at radius 1 is 0.323 bits per heavy atom. The molecular weight excluding hydrogens is 805 g/mol. The van der Waals surface area contributed by atoms with Gasteiger partial charge in [-0.25, -0.2) is 0 Å². The van der Waals surface area contributed by atoms with Gasteiger partial charge in [0.25, 0.3) is 0 Å². The molecule has 0 saturated carbocycles. The fraction of sp³-hybridized carbons (Fsp3) is 0.746. The molecule has 0 amide bonds. The SMILES string of the molecule is CC\C=C/C=C\C=C/C=C\C=C\C=C/CCCCCC(=O)OCC(COC(=O)CCCCCCCCCCCCCCCCC)OC(=O)CCCCCCCCCCCCCCCCC. The number of hydrogen-bond acceptors (Lipinski definition) is 6. The van der Waals surface area contributed by atoms with E-state index in [2.05, 4.69) is 32.9 Å². The van der Waals surface area contributed by atoms with Crippen LogP contribution in [0.5, 0.6) is 0 Å². The summed E-state index contributed by atoms with van der Waals surface area (Å²) in [5.41, 5.74) is 0. The van der Waals surface area contributed by atoms with Crippen LogP contribution in [0, 0.1) is 0 Å². The molecule has 0 spiro atoms. The van der Waals surface area contributed by atoms with E-state index < -0.39 is 6.10 Å². The zero-order valence-electron chi connectivity index (χ0n) is 42.7. The van der Waals surface area contributed by atoms with Crippen LogP contribution in [0.15, 0.2) is 72.9 Å². The van der Waals surface area contributed by atoms with E-state index in [0.29, 0.717) is 19.3 Å². The lowest BCUT2D eigenvalue weighted by Crippen LogP contribution is -2.30. The maximum absolute atomic E-state index is 12.8. The average molecular weight is 907 g/mol. The molecule has 0 aromatic heterocycles. The molecule has 0 aromatic rings. The van der Waals surface area contributed by atoms with Gasteiger partial charge >= 0.3 is 17.9 Å². The highest BCUT2D eigenvalue weighted by molar-refractivity contribution is 5.71. The lowest BCUT2D eigenvalue weighted by Gasteiger charge is -2.18. The van der Waals surface area contributed by atoms with Gasteiger partial charge in [0, 0.05) is 19.3 Å². The van der Waals surface area contributed by atoms with Crippen LogP contribution in [-0.2, 0) is 28.6 Å². The maximum atomic E-state index is 12.8. The van der Waals surface area contributed by atoms with E-state index in [-0.39, 0.29) is 31.1 Å². The van der Waals surface area contributed by atoms with Crippen molar-refractivity contribution >= 4 is 17.9 Å². The first-order chi connectivity index (χ1) is 32.0. The smallest absolute Gasteiger partial charge is 0.306 e. The van der Waals surface area contributed by atoms with Crippen molar-refractivity contribution in [2.75, 3.05) is 13.2 Å². The molecule has 0 heterocycles. The minimum absolute atomic E-state index is 0.0863. The fourth-order valence-electron chi connectivity index (χ4n) is 7.77. The van der Waals surface area contributed by atoms with E-state index in [1.807, 2.05) is 60.8 Å². The first-order valence-electron chi connectivity index (χ1n) is 27.5. The number of rotatable bonds is 49. The summed E-state index contributed by atoms with van der Waals surface area (Å²) in [6.07, 6.45) is 67.4. The number of allylic oxidation sites excluding steroid dienone is 12. The zero-order valence-corrected chi connectivity index (χ0v) is 42.7. The number of carbonyl (C=O) groups excluding carboxylic acids is 3. The molecule has 0 saturated heterocycles. The third-order valence-electron chi connectivity index (χ3n) is 11.9. The Balaban J connectivity index is 4.45. The summed E-state index contributed by atoms with van der Waals surface area (Å²) in [6.45, 7) is 6.48. The first kappa shape index (κ1) is 61.9. The summed E-state index contributed by atoms with van der Waals surface area (Å²) < 4.78 is 16.8. The van der Waals surface area contributed by atoms with Crippen LogP contribution in [0.2, 0.25) is 0 Å². The Bertz CT molecular complexity index is 1230. The van der Waals surface area contributed by atoms with Crippen LogP contribution in [-0.4, -0.2) is 37.2 Å². The van der Waals surface area contributed by atoms with E-state index in [1.165, 1.54) is 154 Å². The molecule has 65 heavy (non-hydrogen) atoms. The molecule has 6 nitrogen and oxygen atoms in total. The molecule has 0 fully saturated rings. The second-order valence-corrected chi connectivity index (χ2v) is 18.3. The second-order valence-electron chi connectivity index (χ2n) is 18.3.